The highest BCUT2D eigenvalue weighted by molar-refractivity contribution is 8.00. The number of hydrogen-bond acceptors (Lipinski definition) is 3. The first-order valence-electron chi connectivity index (χ1n) is 6.88. The monoisotopic (exact) mass is 312 g/mol. The van der Waals surface area contributed by atoms with Gasteiger partial charge in [0.2, 0.25) is 11.8 Å². The number of carbonyl (C=O) groups is 2. The maximum Gasteiger partial charge on any atom is 0.239 e. The average Bonchev–Trinajstić information content (AvgIpc) is 2.43. The van der Waals surface area contributed by atoms with E-state index in [1.165, 1.54) is 28.8 Å². The van der Waals surface area contributed by atoms with Crippen LogP contribution in [0.2, 0.25) is 0 Å². The summed E-state index contributed by atoms with van der Waals surface area (Å²) in [6, 6.07) is 6.05. The first-order chi connectivity index (χ1) is 9.92. The highest BCUT2D eigenvalue weighted by Gasteiger charge is 2.16. The van der Waals surface area contributed by atoms with Crippen LogP contribution in [0.25, 0.3) is 0 Å². The Balaban J connectivity index is 2.47. The summed E-state index contributed by atoms with van der Waals surface area (Å²) >= 11 is 1.33. The number of carbonyl (C=O) groups excluding carboxylic acids is 2. The van der Waals surface area contributed by atoms with Crippen LogP contribution in [0.15, 0.2) is 29.2 Å². The Morgan fingerprint density at radius 1 is 1.29 bits per heavy atom. The molecule has 6 heteroatoms. The van der Waals surface area contributed by atoms with E-state index in [0.29, 0.717) is 6.54 Å². The number of thioether (sulfide) groups is 1. The van der Waals surface area contributed by atoms with Crippen LogP contribution in [0.5, 0.6) is 0 Å². The molecule has 2 amide bonds. The second-order valence-electron chi connectivity index (χ2n) is 4.87. The zero-order valence-electron chi connectivity index (χ0n) is 12.6. The Hall–Kier alpha value is -1.56. The average molecular weight is 312 g/mol. The molecule has 1 rings (SSSR count). The van der Waals surface area contributed by atoms with Crippen molar-refractivity contribution in [2.24, 2.45) is 0 Å². The lowest BCUT2D eigenvalue weighted by atomic mass is 10.3. The van der Waals surface area contributed by atoms with Gasteiger partial charge in [-0.1, -0.05) is 0 Å². The van der Waals surface area contributed by atoms with E-state index in [0.717, 1.165) is 4.90 Å². The minimum Gasteiger partial charge on any atom is -0.352 e. The Kier molecular flexibility index (Phi) is 7.22. The van der Waals surface area contributed by atoms with Crippen LogP contribution in [0, 0.1) is 5.82 Å². The minimum atomic E-state index is -0.300. The lowest BCUT2D eigenvalue weighted by Gasteiger charge is -2.21. The van der Waals surface area contributed by atoms with E-state index in [-0.39, 0.29) is 36.0 Å². The van der Waals surface area contributed by atoms with Crippen LogP contribution in [0.4, 0.5) is 4.39 Å². The van der Waals surface area contributed by atoms with Crippen molar-refractivity contribution in [3.63, 3.8) is 0 Å². The van der Waals surface area contributed by atoms with Crippen molar-refractivity contribution in [3.05, 3.63) is 30.1 Å². The smallest absolute Gasteiger partial charge is 0.239 e. The van der Waals surface area contributed by atoms with E-state index in [1.54, 1.807) is 12.1 Å². The Morgan fingerprint density at radius 3 is 2.43 bits per heavy atom. The molecule has 0 saturated carbocycles. The molecule has 0 aromatic heterocycles. The molecule has 0 atom stereocenters. The van der Waals surface area contributed by atoms with Gasteiger partial charge in [0.05, 0.1) is 12.3 Å². The van der Waals surface area contributed by atoms with E-state index in [2.05, 4.69) is 5.32 Å². The Bertz CT molecular complexity index is 477. The zero-order valence-corrected chi connectivity index (χ0v) is 13.4. The van der Waals surface area contributed by atoms with Crippen molar-refractivity contribution in [1.29, 1.82) is 0 Å². The molecule has 0 spiro atoms. The molecule has 21 heavy (non-hydrogen) atoms. The number of hydrogen-bond donors (Lipinski definition) is 1. The molecule has 0 unspecified atom stereocenters. The topological polar surface area (TPSA) is 49.4 Å². The highest BCUT2D eigenvalue weighted by atomic mass is 32.2. The summed E-state index contributed by atoms with van der Waals surface area (Å²) in [6.45, 7) is 6.13. The van der Waals surface area contributed by atoms with Gasteiger partial charge in [0.25, 0.3) is 0 Å². The lowest BCUT2D eigenvalue weighted by molar-refractivity contribution is -0.134. The standard InChI is InChI=1S/C15H21FN2O2S/c1-4-18(9-14(19)17-11(2)3)15(20)10-21-13-7-5-12(16)6-8-13/h5-8,11H,4,9-10H2,1-3H3,(H,17,19). The summed E-state index contributed by atoms with van der Waals surface area (Å²) in [5, 5.41) is 2.76. The summed E-state index contributed by atoms with van der Waals surface area (Å²) in [7, 11) is 0. The van der Waals surface area contributed by atoms with Gasteiger partial charge in [0.15, 0.2) is 0 Å². The number of benzene rings is 1. The fraction of sp³-hybridized carbons (Fsp3) is 0.467. The predicted octanol–water partition coefficient (Wildman–Crippen LogP) is 2.29. The fourth-order valence-electron chi connectivity index (χ4n) is 1.68. The first kappa shape index (κ1) is 17.5. The maximum atomic E-state index is 12.8. The second-order valence-corrected chi connectivity index (χ2v) is 5.92. The fourth-order valence-corrected chi connectivity index (χ4v) is 2.49. The number of amides is 2. The predicted molar refractivity (Wildman–Crippen MR) is 82.7 cm³/mol. The molecule has 0 heterocycles. The van der Waals surface area contributed by atoms with Crippen molar-refractivity contribution in [3.8, 4) is 0 Å². The van der Waals surface area contributed by atoms with Crippen LogP contribution < -0.4 is 5.32 Å². The van der Waals surface area contributed by atoms with Gasteiger partial charge in [0, 0.05) is 17.5 Å². The summed E-state index contributed by atoms with van der Waals surface area (Å²) in [6.07, 6.45) is 0. The van der Waals surface area contributed by atoms with Gasteiger partial charge in [-0.3, -0.25) is 9.59 Å². The van der Waals surface area contributed by atoms with Gasteiger partial charge >= 0.3 is 0 Å². The molecule has 1 aromatic carbocycles. The molecule has 0 aliphatic rings. The van der Waals surface area contributed by atoms with E-state index in [1.807, 2.05) is 20.8 Å². The molecule has 0 aliphatic heterocycles. The molecule has 116 valence electrons. The second kappa shape index (κ2) is 8.67. The van der Waals surface area contributed by atoms with Crippen molar-refractivity contribution in [1.82, 2.24) is 10.2 Å². The van der Waals surface area contributed by atoms with Gasteiger partial charge in [-0.05, 0) is 45.0 Å². The number of nitrogens with zero attached hydrogens (tertiary/aromatic N) is 1. The lowest BCUT2D eigenvalue weighted by Crippen LogP contribution is -2.43. The number of nitrogens with one attached hydrogen (secondary N) is 1. The molecular weight excluding hydrogens is 291 g/mol. The summed E-state index contributed by atoms with van der Waals surface area (Å²) in [4.78, 5) is 26.1. The van der Waals surface area contributed by atoms with Gasteiger partial charge in [0.1, 0.15) is 5.82 Å². The van der Waals surface area contributed by atoms with Gasteiger partial charge in [-0.25, -0.2) is 4.39 Å². The molecule has 1 N–H and O–H groups in total. The van der Waals surface area contributed by atoms with Crippen LogP contribution in [-0.4, -0.2) is 41.6 Å². The Morgan fingerprint density at radius 2 is 1.90 bits per heavy atom. The van der Waals surface area contributed by atoms with Crippen LogP contribution >= 0.6 is 11.8 Å². The first-order valence-corrected chi connectivity index (χ1v) is 7.86. The molecule has 0 fully saturated rings. The number of likely N-dealkylation sites (N-methyl/N-ethyl adjacent to an activating group) is 1. The largest absolute Gasteiger partial charge is 0.352 e. The molecular formula is C15H21FN2O2S. The van der Waals surface area contributed by atoms with Crippen molar-refractivity contribution < 1.29 is 14.0 Å². The van der Waals surface area contributed by atoms with Crippen LogP contribution in [0.3, 0.4) is 0 Å². The molecule has 1 aromatic rings. The highest BCUT2D eigenvalue weighted by Crippen LogP contribution is 2.18. The summed E-state index contributed by atoms with van der Waals surface area (Å²) in [5.74, 6) is -0.335. The maximum absolute atomic E-state index is 12.8. The van der Waals surface area contributed by atoms with Crippen molar-refractivity contribution >= 4 is 23.6 Å². The van der Waals surface area contributed by atoms with Crippen LogP contribution in [0.1, 0.15) is 20.8 Å². The third kappa shape index (κ3) is 6.62. The van der Waals surface area contributed by atoms with Gasteiger partial charge < -0.3 is 10.2 Å². The quantitative estimate of drug-likeness (QED) is 0.786. The Labute approximate surface area is 129 Å². The van der Waals surface area contributed by atoms with E-state index >= 15 is 0 Å². The third-order valence-corrected chi connectivity index (χ3v) is 3.69. The zero-order chi connectivity index (χ0) is 15.8. The minimum absolute atomic E-state index is 0.0555. The van der Waals surface area contributed by atoms with Gasteiger partial charge in [-0.15, -0.1) is 11.8 Å². The molecule has 0 radical (unpaired) electrons. The van der Waals surface area contributed by atoms with E-state index < -0.39 is 0 Å². The van der Waals surface area contributed by atoms with E-state index in [4.69, 9.17) is 0 Å². The summed E-state index contributed by atoms with van der Waals surface area (Å²) < 4.78 is 12.8. The number of halogens is 1. The third-order valence-electron chi connectivity index (χ3n) is 2.69. The van der Waals surface area contributed by atoms with E-state index in [9.17, 15) is 14.0 Å². The summed E-state index contributed by atoms with van der Waals surface area (Å²) in [5.41, 5.74) is 0. The van der Waals surface area contributed by atoms with Gasteiger partial charge in [-0.2, -0.15) is 0 Å². The molecule has 0 bridgehead atoms. The molecule has 0 aliphatic carbocycles. The molecule has 4 nitrogen and oxygen atoms in total. The normalized spacial score (nSPS) is 10.5. The van der Waals surface area contributed by atoms with Crippen LogP contribution in [-0.2, 0) is 9.59 Å². The van der Waals surface area contributed by atoms with Crippen molar-refractivity contribution in [2.75, 3.05) is 18.8 Å². The SMILES string of the molecule is CCN(CC(=O)NC(C)C)C(=O)CSc1ccc(F)cc1. The molecule has 0 saturated heterocycles. The number of rotatable bonds is 7. The van der Waals surface area contributed by atoms with Crippen molar-refractivity contribution in [2.45, 2.75) is 31.7 Å².